The SMILES string of the molecule is CC1(C)c2cc(-c3ccccc3)ccc2-c2ccc(N(c3ccccc3)c3ccc4c(c3)C(C)(C)c3cc(-c5ccc(-c6ccc(-c7ccccc7)cc6)cc5)ccc3-4)cc21. The smallest absolute Gasteiger partial charge is 0.0465 e. The number of para-hydroxylation sites is 1. The zero-order valence-electron chi connectivity index (χ0n) is 35.2. The van der Waals surface area contributed by atoms with Gasteiger partial charge in [0, 0.05) is 27.9 Å². The highest BCUT2D eigenvalue weighted by Gasteiger charge is 2.38. The van der Waals surface area contributed by atoms with Crippen molar-refractivity contribution in [1.82, 2.24) is 0 Å². The number of fused-ring (bicyclic) bond motifs is 6. The Bertz CT molecular complexity index is 3080. The number of hydrogen-bond donors (Lipinski definition) is 0. The molecule has 2 aliphatic rings. The summed E-state index contributed by atoms with van der Waals surface area (Å²) in [5.74, 6) is 0. The van der Waals surface area contributed by atoms with Gasteiger partial charge in [-0.15, -0.1) is 0 Å². The predicted molar refractivity (Wildman–Crippen MR) is 258 cm³/mol. The molecule has 0 fully saturated rings. The predicted octanol–water partition coefficient (Wildman–Crippen LogP) is 16.4. The summed E-state index contributed by atoms with van der Waals surface area (Å²) in [6.45, 7) is 9.54. The highest BCUT2D eigenvalue weighted by atomic mass is 15.1. The lowest BCUT2D eigenvalue weighted by Gasteiger charge is -2.29. The Hall–Kier alpha value is -7.22. The normalized spacial score (nSPS) is 13.8. The molecule has 0 radical (unpaired) electrons. The molecule has 0 N–H and O–H groups in total. The summed E-state index contributed by atoms with van der Waals surface area (Å²) >= 11 is 0. The first kappa shape index (κ1) is 36.8. The molecular weight excluding hydrogens is 735 g/mol. The summed E-state index contributed by atoms with van der Waals surface area (Å²) in [7, 11) is 0. The van der Waals surface area contributed by atoms with Gasteiger partial charge in [-0.1, -0.05) is 191 Å². The largest absolute Gasteiger partial charge is 0.310 e. The molecule has 0 heterocycles. The second kappa shape index (κ2) is 14.2. The first-order chi connectivity index (χ1) is 29.7. The van der Waals surface area contributed by atoms with Gasteiger partial charge in [-0.05, 0) is 138 Å². The first-order valence-corrected chi connectivity index (χ1v) is 21.5. The van der Waals surface area contributed by atoms with E-state index in [4.69, 9.17) is 0 Å². The van der Waals surface area contributed by atoms with Gasteiger partial charge in [0.15, 0.2) is 0 Å². The summed E-state index contributed by atoms with van der Waals surface area (Å²) in [4.78, 5) is 2.44. The van der Waals surface area contributed by atoms with Gasteiger partial charge in [0.1, 0.15) is 0 Å². The molecule has 11 rings (SSSR count). The fourth-order valence-electron chi connectivity index (χ4n) is 10.1. The van der Waals surface area contributed by atoms with Crippen molar-refractivity contribution in [3.63, 3.8) is 0 Å². The van der Waals surface area contributed by atoms with Gasteiger partial charge in [-0.2, -0.15) is 0 Å². The lowest BCUT2D eigenvalue weighted by Crippen LogP contribution is -2.18. The molecule has 0 saturated heterocycles. The molecule has 2 aliphatic carbocycles. The van der Waals surface area contributed by atoms with Gasteiger partial charge in [-0.25, -0.2) is 0 Å². The van der Waals surface area contributed by atoms with Crippen LogP contribution < -0.4 is 4.90 Å². The van der Waals surface area contributed by atoms with E-state index in [1.807, 2.05) is 0 Å². The minimum Gasteiger partial charge on any atom is -0.310 e. The summed E-state index contributed by atoms with van der Waals surface area (Å²) < 4.78 is 0. The average molecular weight is 782 g/mol. The Morgan fingerprint density at radius 2 is 0.525 bits per heavy atom. The van der Waals surface area contributed by atoms with Crippen LogP contribution in [0.2, 0.25) is 0 Å². The molecule has 0 unspecified atom stereocenters. The Kier molecular flexibility index (Phi) is 8.58. The number of anilines is 3. The third kappa shape index (κ3) is 6.15. The number of nitrogens with zero attached hydrogens (tertiary/aromatic N) is 1. The van der Waals surface area contributed by atoms with E-state index in [-0.39, 0.29) is 10.8 Å². The maximum absolute atomic E-state index is 2.44. The van der Waals surface area contributed by atoms with Gasteiger partial charge in [0.05, 0.1) is 0 Å². The molecule has 61 heavy (non-hydrogen) atoms. The maximum Gasteiger partial charge on any atom is 0.0465 e. The molecule has 0 aromatic heterocycles. The molecule has 0 atom stereocenters. The van der Waals surface area contributed by atoms with Crippen molar-refractivity contribution in [3.05, 3.63) is 235 Å². The van der Waals surface area contributed by atoms with E-state index < -0.39 is 0 Å². The van der Waals surface area contributed by atoms with E-state index in [2.05, 4.69) is 245 Å². The molecule has 0 saturated carbocycles. The Morgan fingerprint density at radius 1 is 0.246 bits per heavy atom. The fraction of sp³-hybridized carbons (Fsp3) is 0.100. The summed E-state index contributed by atoms with van der Waals surface area (Å²) in [5.41, 5.74) is 23.8. The van der Waals surface area contributed by atoms with E-state index in [1.54, 1.807) is 0 Å². The third-order valence-corrected chi connectivity index (χ3v) is 13.5. The van der Waals surface area contributed by atoms with Crippen LogP contribution in [0.25, 0.3) is 66.8 Å². The van der Waals surface area contributed by atoms with Gasteiger partial charge in [-0.3, -0.25) is 0 Å². The highest BCUT2D eigenvalue weighted by Crippen LogP contribution is 2.54. The molecule has 292 valence electrons. The van der Waals surface area contributed by atoms with E-state index in [0.717, 1.165) is 11.4 Å². The zero-order valence-corrected chi connectivity index (χ0v) is 35.2. The van der Waals surface area contributed by atoms with Crippen LogP contribution in [-0.4, -0.2) is 0 Å². The molecule has 9 aromatic carbocycles. The minimum atomic E-state index is -0.183. The molecule has 9 aromatic rings. The van der Waals surface area contributed by atoms with Crippen LogP contribution in [0.5, 0.6) is 0 Å². The van der Waals surface area contributed by atoms with Crippen molar-refractivity contribution < 1.29 is 0 Å². The molecule has 0 bridgehead atoms. The Morgan fingerprint density at radius 3 is 0.918 bits per heavy atom. The number of hydrogen-bond acceptors (Lipinski definition) is 1. The second-order valence-electron chi connectivity index (χ2n) is 17.8. The lowest BCUT2D eigenvalue weighted by molar-refractivity contribution is 0.660. The number of benzene rings is 9. The summed E-state index contributed by atoms with van der Waals surface area (Å²) in [6.07, 6.45) is 0. The second-order valence-corrected chi connectivity index (χ2v) is 17.8. The van der Waals surface area contributed by atoms with Crippen LogP contribution in [0.15, 0.2) is 212 Å². The topological polar surface area (TPSA) is 3.24 Å². The average Bonchev–Trinajstić information content (AvgIpc) is 3.68. The van der Waals surface area contributed by atoms with Crippen LogP contribution in [-0.2, 0) is 10.8 Å². The maximum atomic E-state index is 2.44. The molecule has 0 spiro atoms. The first-order valence-electron chi connectivity index (χ1n) is 21.5. The third-order valence-electron chi connectivity index (χ3n) is 13.5. The Labute approximate surface area is 360 Å². The van der Waals surface area contributed by atoms with E-state index in [1.165, 1.54) is 94.7 Å². The standard InChI is InChI=1S/C60H47N/c1-59(2)55-36-46(41-16-10-6-11-17-41)28-32-51(55)53-34-30-49(38-57(53)59)61(48-18-12-7-13-19-48)50-31-35-54-52-33-29-47(37-56(52)60(3,4)58(54)39-50)45-26-24-44(25-27-45)43-22-20-42(21-23-43)40-14-8-5-9-15-40/h5-39H,1-4H3. The van der Waals surface area contributed by atoms with Gasteiger partial charge < -0.3 is 4.90 Å². The fourth-order valence-corrected chi connectivity index (χ4v) is 10.1. The number of rotatable bonds is 7. The van der Waals surface area contributed by atoms with E-state index in [9.17, 15) is 0 Å². The molecular formula is C60H47N. The van der Waals surface area contributed by atoms with Crippen molar-refractivity contribution in [1.29, 1.82) is 0 Å². The van der Waals surface area contributed by atoms with Gasteiger partial charge in [0.2, 0.25) is 0 Å². The molecule has 1 nitrogen and oxygen atoms in total. The van der Waals surface area contributed by atoms with Crippen molar-refractivity contribution in [2.75, 3.05) is 4.90 Å². The molecule has 1 heteroatoms. The monoisotopic (exact) mass is 781 g/mol. The summed E-state index contributed by atoms with van der Waals surface area (Å²) in [6, 6.07) is 78.4. The molecule has 0 amide bonds. The van der Waals surface area contributed by atoms with Gasteiger partial charge >= 0.3 is 0 Å². The molecule has 0 aliphatic heterocycles. The van der Waals surface area contributed by atoms with Gasteiger partial charge in [0.25, 0.3) is 0 Å². The summed E-state index contributed by atoms with van der Waals surface area (Å²) in [5, 5.41) is 0. The quantitative estimate of drug-likeness (QED) is 0.156. The van der Waals surface area contributed by atoms with Crippen LogP contribution >= 0.6 is 0 Å². The zero-order chi connectivity index (χ0) is 41.3. The minimum absolute atomic E-state index is 0.151. The van der Waals surface area contributed by atoms with Crippen LogP contribution in [0.4, 0.5) is 17.1 Å². The van der Waals surface area contributed by atoms with Crippen LogP contribution in [0.1, 0.15) is 49.9 Å². The van der Waals surface area contributed by atoms with Crippen molar-refractivity contribution in [3.8, 4) is 66.8 Å². The lowest BCUT2D eigenvalue weighted by atomic mass is 9.81. The van der Waals surface area contributed by atoms with Crippen molar-refractivity contribution in [2.24, 2.45) is 0 Å². The van der Waals surface area contributed by atoms with Crippen molar-refractivity contribution >= 4 is 17.1 Å². The van der Waals surface area contributed by atoms with Crippen LogP contribution in [0.3, 0.4) is 0 Å². The van der Waals surface area contributed by atoms with Crippen molar-refractivity contribution in [2.45, 2.75) is 38.5 Å². The van der Waals surface area contributed by atoms with E-state index in [0.29, 0.717) is 0 Å². The highest BCUT2D eigenvalue weighted by molar-refractivity contribution is 5.90. The Balaban J connectivity index is 0.914. The van der Waals surface area contributed by atoms with Crippen LogP contribution in [0, 0.1) is 0 Å². The van der Waals surface area contributed by atoms with E-state index >= 15 is 0 Å².